The number of nitrogens with one attached hydrogen (secondary N) is 5. The molecule has 16 heteroatoms. The standard InChI is InChI=1S/C50H52F2N12O2/c1-30(33-6-7-35-24-56-45(22-36(35)20-33)62-49(65)31-4-3-5-31)57-47(27-53-2)58-39-15-18-64(19-16-39)29-44-40-13-10-34(43-26-55-28-48(60-43)59-42-14-17-54-25-41(42)52)21-37(40)23-46(61-44)63-50(66)32-8-11-38(51)12-9-32/h6-13,20-24,26-28,31,39,41-42,54,58H,2-5,14-19,25,29H2,1H3,(H,59,60)(H,56,62,65)(H,61,63,66)/b47-27+,57-30?/t41-,42-/m0/s1. The van der Waals surface area contributed by atoms with Crippen LogP contribution < -0.4 is 26.6 Å². The molecule has 3 aliphatic rings. The minimum Gasteiger partial charge on any atom is -0.366 e. The molecule has 1 aliphatic carbocycles. The highest BCUT2D eigenvalue weighted by Gasteiger charge is 2.27. The van der Waals surface area contributed by atoms with Gasteiger partial charge in [-0.3, -0.25) is 24.5 Å². The SMILES string of the molecule is C=N/C=C(\N=C(C)c1ccc2cnc(NC(=O)C3CCC3)cc2c1)NC1CCN(Cc2nc(NC(=O)c3ccc(F)cc3)cc3cc(-c4cncc(N[C@H]5CCNC[C@@H]5F)n4)ccc23)CC1. The summed E-state index contributed by atoms with van der Waals surface area (Å²) in [5, 5.41) is 19.5. The van der Waals surface area contributed by atoms with Crippen LogP contribution in [0.5, 0.6) is 0 Å². The van der Waals surface area contributed by atoms with E-state index in [1.54, 1.807) is 24.8 Å². The average molecular weight is 891 g/mol. The molecule has 9 rings (SSSR count). The molecular weight excluding hydrogens is 839 g/mol. The normalized spacial score (nSPS) is 18.7. The number of halogens is 2. The molecule has 1 saturated carbocycles. The first-order chi connectivity index (χ1) is 32.1. The first-order valence-corrected chi connectivity index (χ1v) is 22.5. The van der Waals surface area contributed by atoms with Crippen LogP contribution in [0.15, 0.2) is 113 Å². The average Bonchev–Trinajstić information content (AvgIpc) is 3.29. The molecule has 5 heterocycles. The van der Waals surface area contributed by atoms with E-state index in [2.05, 4.69) is 59.2 Å². The molecule has 0 radical (unpaired) electrons. The van der Waals surface area contributed by atoms with Crippen LogP contribution in [-0.4, -0.2) is 93.5 Å². The van der Waals surface area contributed by atoms with Crippen LogP contribution in [-0.2, 0) is 11.3 Å². The van der Waals surface area contributed by atoms with Crippen LogP contribution in [0, 0.1) is 11.7 Å². The van der Waals surface area contributed by atoms with Gasteiger partial charge in [0.25, 0.3) is 5.91 Å². The summed E-state index contributed by atoms with van der Waals surface area (Å²) in [5.41, 5.74) is 4.24. The maximum atomic E-state index is 14.6. The van der Waals surface area contributed by atoms with Crippen molar-refractivity contribution in [2.24, 2.45) is 15.9 Å². The van der Waals surface area contributed by atoms with Crippen molar-refractivity contribution in [2.45, 2.75) is 70.2 Å². The van der Waals surface area contributed by atoms with Gasteiger partial charge in [-0.2, -0.15) is 0 Å². The number of rotatable bonds is 14. The molecule has 2 saturated heterocycles. The predicted octanol–water partition coefficient (Wildman–Crippen LogP) is 8.04. The van der Waals surface area contributed by atoms with E-state index in [9.17, 15) is 18.4 Å². The summed E-state index contributed by atoms with van der Waals surface area (Å²) < 4.78 is 28.3. The molecular formula is C50H52F2N12O2. The van der Waals surface area contributed by atoms with Gasteiger partial charge in [0.05, 0.1) is 36.0 Å². The molecule has 0 unspecified atom stereocenters. The lowest BCUT2D eigenvalue weighted by molar-refractivity contribution is -0.122. The molecule has 5 N–H and O–H groups in total. The second kappa shape index (κ2) is 20.0. The zero-order valence-electron chi connectivity index (χ0n) is 36.7. The van der Waals surface area contributed by atoms with E-state index in [-0.39, 0.29) is 23.9 Å². The van der Waals surface area contributed by atoms with Gasteiger partial charge in [0.15, 0.2) is 0 Å². The lowest BCUT2D eigenvalue weighted by atomic mass is 9.85. The Labute approximate surface area is 381 Å². The van der Waals surface area contributed by atoms with Crippen molar-refractivity contribution in [2.75, 3.05) is 42.1 Å². The molecule has 66 heavy (non-hydrogen) atoms. The molecule has 2 amide bonds. The number of benzene rings is 3. The van der Waals surface area contributed by atoms with Crippen molar-refractivity contribution < 1.29 is 18.4 Å². The highest BCUT2D eigenvalue weighted by Crippen LogP contribution is 2.31. The fraction of sp³-hybridized carbons (Fsp3) is 0.320. The Hall–Kier alpha value is -7.04. The minimum absolute atomic E-state index is 0.0276. The number of hydrogen-bond acceptors (Lipinski definition) is 12. The van der Waals surface area contributed by atoms with Crippen molar-refractivity contribution in [3.63, 3.8) is 0 Å². The third-order valence-corrected chi connectivity index (χ3v) is 12.6. The second-order valence-electron chi connectivity index (χ2n) is 17.2. The number of carbonyl (C=O) groups excluding carboxylic acids is 2. The summed E-state index contributed by atoms with van der Waals surface area (Å²) in [7, 11) is 0. The largest absolute Gasteiger partial charge is 0.366 e. The predicted molar refractivity (Wildman–Crippen MR) is 256 cm³/mol. The number of piperidine rings is 2. The van der Waals surface area contributed by atoms with Crippen molar-refractivity contribution in [1.29, 1.82) is 0 Å². The Morgan fingerprint density at radius 1 is 0.864 bits per heavy atom. The van der Waals surface area contributed by atoms with Gasteiger partial charge in [-0.1, -0.05) is 30.7 Å². The molecule has 2 atom stereocenters. The first-order valence-electron chi connectivity index (χ1n) is 22.5. The number of amides is 2. The number of anilines is 3. The van der Waals surface area contributed by atoms with Gasteiger partial charge in [-0.25, -0.2) is 28.7 Å². The number of fused-ring (bicyclic) bond motifs is 2. The molecule has 2 aliphatic heterocycles. The summed E-state index contributed by atoms with van der Waals surface area (Å²) >= 11 is 0. The Morgan fingerprint density at radius 2 is 1.67 bits per heavy atom. The highest BCUT2D eigenvalue weighted by atomic mass is 19.1. The molecule has 6 aromatic rings. The number of hydrogen-bond donors (Lipinski definition) is 5. The number of aromatic nitrogens is 4. The molecule has 0 spiro atoms. The quantitative estimate of drug-likeness (QED) is 0.0674. The topological polar surface area (TPSA) is 174 Å². The van der Waals surface area contributed by atoms with Crippen molar-refractivity contribution in [3.05, 3.63) is 126 Å². The molecule has 3 aromatic heterocycles. The Morgan fingerprint density at radius 3 is 2.44 bits per heavy atom. The smallest absolute Gasteiger partial charge is 0.256 e. The fourth-order valence-electron chi connectivity index (χ4n) is 8.63. The summed E-state index contributed by atoms with van der Waals surface area (Å²) in [4.78, 5) is 55.8. The maximum Gasteiger partial charge on any atom is 0.256 e. The van der Waals surface area contributed by atoms with Crippen LogP contribution in [0.2, 0.25) is 0 Å². The van der Waals surface area contributed by atoms with Gasteiger partial charge in [0.2, 0.25) is 5.91 Å². The van der Waals surface area contributed by atoms with Gasteiger partial charge in [0, 0.05) is 71.9 Å². The third-order valence-electron chi connectivity index (χ3n) is 12.6. The van der Waals surface area contributed by atoms with Crippen LogP contribution in [0.4, 0.5) is 26.2 Å². The summed E-state index contributed by atoms with van der Waals surface area (Å²) in [6, 6.07) is 20.9. The van der Waals surface area contributed by atoms with Crippen molar-refractivity contribution in [1.82, 2.24) is 35.5 Å². The van der Waals surface area contributed by atoms with Crippen molar-refractivity contribution in [3.8, 4) is 11.3 Å². The molecule has 338 valence electrons. The summed E-state index contributed by atoms with van der Waals surface area (Å²) in [5.74, 6) is 1.28. The number of pyridine rings is 2. The van der Waals surface area contributed by atoms with Gasteiger partial charge in [-0.05, 0) is 117 Å². The molecule has 3 fully saturated rings. The van der Waals surface area contributed by atoms with Gasteiger partial charge >= 0.3 is 0 Å². The monoisotopic (exact) mass is 890 g/mol. The zero-order valence-corrected chi connectivity index (χ0v) is 36.7. The lowest BCUT2D eigenvalue weighted by Gasteiger charge is -2.33. The number of nitrogens with zero attached hydrogens (tertiary/aromatic N) is 7. The van der Waals surface area contributed by atoms with Gasteiger partial charge < -0.3 is 26.6 Å². The summed E-state index contributed by atoms with van der Waals surface area (Å²) in [6.07, 6.45) is 10.9. The van der Waals surface area contributed by atoms with Crippen molar-refractivity contribution >= 4 is 63.2 Å². The van der Waals surface area contributed by atoms with E-state index < -0.39 is 17.9 Å². The Kier molecular flexibility index (Phi) is 13.4. The molecule has 0 bridgehead atoms. The minimum atomic E-state index is -1.04. The number of carbonyl (C=O) groups is 2. The van der Waals surface area contributed by atoms with E-state index in [0.717, 1.165) is 95.8 Å². The van der Waals surface area contributed by atoms with E-state index in [0.29, 0.717) is 54.0 Å². The summed E-state index contributed by atoms with van der Waals surface area (Å²) in [6.45, 7) is 8.73. The first kappa shape index (κ1) is 44.2. The van der Waals surface area contributed by atoms with Crippen LogP contribution in [0.1, 0.15) is 67.1 Å². The number of alkyl halides is 1. The maximum absolute atomic E-state index is 14.6. The van der Waals surface area contributed by atoms with Crippen LogP contribution in [0.3, 0.4) is 0 Å². The second-order valence-corrected chi connectivity index (χ2v) is 17.2. The molecule has 14 nitrogen and oxygen atoms in total. The third kappa shape index (κ3) is 10.6. The van der Waals surface area contributed by atoms with E-state index in [1.165, 1.54) is 24.3 Å². The molecule has 3 aromatic carbocycles. The fourth-order valence-corrected chi connectivity index (χ4v) is 8.63. The van der Waals surface area contributed by atoms with E-state index >= 15 is 0 Å². The van der Waals surface area contributed by atoms with Crippen LogP contribution in [0.25, 0.3) is 32.8 Å². The van der Waals surface area contributed by atoms with E-state index in [1.807, 2.05) is 49.4 Å². The zero-order chi connectivity index (χ0) is 45.6. The Bertz CT molecular complexity index is 2820. The lowest BCUT2D eigenvalue weighted by Crippen LogP contribution is -2.45. The van der Waals surface area contributed by atoms with Gasteiger partial charge in [-0.15, -0.1) is 0 Å². The number of aliphatic imine (C=N–C) groups is 2. The van der Waals surface area contributed by atoms with Crippen LogP contribution >= 0.6 is 0 Å². The van der Waals surface area contributed by atoms with E-state index in [4.69, 9.17) is 15.0 Å². The van der Waals surface area contributed by atoms with Gasteiger partial charge in [0.1, 0.15) is 35.3 Å². The highest BCUT2D eigenvalue weighted by molar-refractivity contribution is 6.05. The number of likely N-dealkylation sites (tertiary alicyclic amines) is 1. The Balaban J connectivity index is 0.894.